The number of rotatable bonds is 5. The third-order valence-electron chi connectivity index (χ3n) is 4.01. The predicted octanol–water partition coefficient (Wildman–Crippen LogP) is 2.45. The number of para-hydroxylation sites is 1. The van der Waals surface area contributed by atoms with Gasteiger partial charge in [0, 0.05) is 11.3 Å². The molecule has 1 fully saturated rings. The highest BCUT2D eigenvalue weighted by Crippen LogP contribution is 2.40. The molecule has 1 aromatic heterocycles. The van der Waals surface area contributed by atoms with Crippen LogP contribution >= 0.6 is 0 Å². The van der Waals surface area contributed by atoms with Gasteiger partial charge < -0.3 is 16.2 Å². The second kappa shape index (κ2) is 6.59. The number of nitrogens with two attached hydrogens (primary N) is 2. The highest BCUT2D eigenvalue weighted by molar-refractivity contribution is 5.64. The van der Waals surface area contributed by atoms with E-state index in [0.29, 0.717) is 23.5 Å². The van der Waals surface area contributed by atoms with Crippen molar-refractivity contribution in [3.05, 3.63) is 35.9 Å². The van der Waals surface area contributed by atoms with Gasteiger partial charge in [0.05, 0.1) is 0 Å². The van der Waals surface area contributed by atoms with E-state index in [4.69, 9.17) is 11.7 Å². The van der Waals surface area contributed by atoms with Crippen molar-refractivity contribution in [3.63, 3.8) is 0 Å². The zero-order chi connectivity index (χ0) is 15.4. The SMILES string of the molecule is NNc1nc(Nc2ccccc2)nc(NN)c1C1CCCC1. The summed E-state index contributed by atoms with van der Waals surface area (Å²) in [5.41, 5.74) is 7.25. The average molecular weight is 299 g/mol. The lowest BCUT2D eigenvalue weighted by atomic mass is 9.98. The fraction of sp³-hybridized carbons (Fsp3) is 0.333. The highest BCUT2D eigenvalue weighted by Gasteiger charge is 2.25. The average Bonchev–Trinajstić information content (AvgIpc) is 3.09. The minimum absolute atomic E-state index is 0.392. The van der Waals surface area contributed by atoms with Crippen LogP contribution in [0.1, 0.15) is 37.2 Å². The maximum atomic E-state index is 5.67. The van der Waals surface area contributed by atoms with Crippen molar-refractivity contribution in [3.8, 4) is 0 Å². The first-order valence-corrected chi connectivity index (χ1v) is 7.49. The molecule has 3 rings (SSSR count). The summed E-state index contributed by atoms with van der Waals surface area (Å²) in [6.07, 6.45) is 4.64. The summed E-state index contributed by atoms with van der Waals surface area (Å²) in [5.74, 6) is 13.4. The van der Waals surface area contributed by atoms with Gasteiger partial charge in [0.1, 0.15) is 0 Å². The molecule has 1 aliphatic carbocycles. The van der Waals surface area contributed by atoms with Crippen LogP contribution in [-0.4, -0.2) is 9.97 Å². The molecular formula is C15H21N7. The minimum Gasteiger partial charge on any atom is -0.324 e. The Morgan fingerprint density at radius 2 is 1.50 bits per heavy atom. The van der Waals surface area contributed by atoms with Gasteiger partial charge in [-0.15, -0.1) is 0 Å². The van der Waals surface area contributed by atoms with Crippen LogP contribution in [-0.2, 0) is 0 Å². The molecule has 7 heteroatoms. The third kappa shape index (κ3) is 2.95. The van der Waals surface area contributed by atoms with Crippen LogP contribution in [0.2, 0.25) is 0 Å². The van der Waals surface area contributed by atoms with Gasteiger partial charge in [-0.1, -0.05) is 31.0 Å². The van der Waals surface area contributed by atoms with Gasteiger partial charge in [-0.05, 0) is 30.9 Å². The molecule has 0 saturated heterocycles. The quantitative estimate of drug-likeness (QED) is 0.425. The lowest BCUT2D eigenvalue weighted by Gasteiger charge is -2.19. The van der Waals surface area contributed by atoms with Crippen molar-refractivity contribution in [2.24, 2.45) is 11.7 Å². The summed E-state index contributed by atoms with van der Waals surface area (Å²) in [5, 5.41) is 3.16. The molecule has 2 aromatic rings. The first-order valence-electron chi connectivity index (χ1n) is 7.49. The molecule has 1 heterocycles. The Morgan fingerprint density at radius 1 is 0.909 bits per heavy atom. The number of nitrogen functional groups attached to an aromatic ring is 2. The molecule has 22 heavy (non-hydrogen) atoms. The zero-order valence-electron chi connectivity index (χ0n) is 12.3. The van der Waals surface area contributed by atoms with E-state index in [2.05, 4.69) is 26.1 Å². The van der Waals surface area contributed by atoms with Crippen LogP contribution in [0.5, 0.6) is 0 Å². The Bertz CT molecular complexity index is 598. The van der Waals surface area contributed by atoms with Gasteiger partial charge in [-0.25, -0.2) is 11.7 Å². The van der Waals surface area contributed by atoms with E-state index in [1.54, 1.807) is 0 Å². The molecule has 0 radical (unpaired) electrons. The monoisotopic (exact) mass is 299 g/mol. The van der Waals surface area contributed by atoms with E-state index >= 15 is 0 Å². The number of nitrogens with zero attached hydrogens (tertiary/aromatic N) is 2. The number of aromatic nitrogens is 2. The van der Waals surface area contributed by atoms with E-state index in [9.17, 15) is 0 Å². The molecule has 1 aromatic carbocycles. The van der Waals surface area contributed by atoms with Gasteiger partial charge in [-0.2, -0.15) is 9.97 Å². The van der Waals surface area contributed by atoms with Crippen molar-refractivity contribution in [1.29, 1.82) is 0 Å². The van der Waals surface area contributed by atoms with Gasteiger partial charge >= 0.3 is 0 Å². The molecule has 1 saturated carbocycles. The van der Waals surface area contributed by atoms with Crippen molar-refractivity contribution in [2.75, 3.05) is 16.2 Å². The van der Waals surface area contributed by atoms with Crippen molar-refractivity contribution in [1.82, 2.24) is 9.97 Å². The molecule has 0 bridgehead atoms. The minimum atomic E-state index is 0.392. The molecule has 0 aliphatic heterocycles. The number of hydrazine groups is 2. The smallest absolute Gasteiger partial charge is 0.231 e. The maximum absolute atomic E-state index is 5.67. The number of nitrogens with one attached hydrogen (secondary N) is 3. The lowest BCUT2D eigenvalue weighted by molar-refractivity contribution is 0.718. The van der Waals surface area contributed by atoms with E-state index in [0.717, 1.165) is 24.1 Å². The predicted molar refractivity (Wildman–Crippen MR) is 88.6 cm³/mol. The number of anilines is 4. The summed E-state index contributed by atoms with van der Waals surface area (Å²) in [4.78, 5) is 8.97. The van der Waals surface area contributed by atoms with E-state index in [1.807, 2.05) is 30.3 Å². The Labute approximate surface area is 129 Å². The topological polar surface area (TPSA) is 114 Å². The first-order chi connectivity index (χ1) is 10.8. The summed E-state index contributed by atoms with van der Waals surface area (Å²) in [6, 6.07) is 9.73. The van der Waals surface area contributed by atoms with Crippen LogP contribution in [0.3, 0.4) is 0 Å². The standard InChI is InChI=1S/C15H21N7/c16-21-13-12(10-6-4-5-7-10)14(22-17)20-15(19-13)18-11-8-2-1-3-9-11/h1-3,8-10H,4-7,16-17H2,(H3,18,19,20,21,22). The molecule has 116 valence electrons. The lowest BCUT2D eigenvalue weighted by Crippen LogP contribution is -2.19. The van der Waals surface area contributed by atoms with Crippen molar-refractivity contribution < 1.29 is 0 Å². The van der Waals surface area contributed by atoms with Crippen LogP contribution in [0.25, 0.3) is 0 Å². The van der Waals surface area contributed by atoms with Gasteiger partial charge in [-0.3, -0.25) is 0 Å². The van der Waals surface area contributed by atoms with Crippen molar-refractivity contribution >= 4 is 23.3 Å². The molecular weight excluding hydrogens is 278 g/mol. The fourth-order valence-electron chi connectivity index (χ4n) is 3.00. The van der Waals surface area contributed by atoms with Crippen LogP contribution in [0.4, 0.5) is 23.3 Å². The Morgan fingerprint density at radius 3 is 2.05 bits per heavy atom. The van der Waals surface area contributed by atoms with E-state index < -0.39 is 0 Å². The summed E-state index contributed by atoms with van der Waals surface area (Å²) < 4.78 is 0. The fourth-order valence-corrected chi connectivity index (χ4v) is 3.00. The van der Waals surface area contributed by atoms with Crippen LogP contribution in [0, 0.1) is 0 Å². The molecule has 0 atom stereocenters. The number of hydrogen-bond donors (Lipinski definition) is 5. The highest BCUT2D eigenvalue weighted by atomic mass is 15.3. The Kier molecular flexibility index (Phi) is 4.36. The summed E-state index contributed by atoms with van der Waals surface area (Å²) in [6.45, 7) is 0. The molecule has 0 unspecified atom stereocenters. The summed E-state index contributed by atoms with van der Waals surface area (Å²) in [7, 11) is 0. The van der Waals surface area contributed by atoms with E-state index in [-0.39, 0.29) is 0 Å². The molecule has 7 nitrogen and oxygen atoms in total. The zero-order valence-corrected chi connectivity index (χ0v) is 12.3. The molecule has 7 N–H and O–H groups in total. The summed E-state index contributed by atoms with van der Waals surface area (Å²) >= 11 is 0. The second-order valence-electron chi connectivity index (χ2n) is 5.42. The molecule has 0 spiro atoms. The largest absolute Gasteiger partial charge is 0.324 e. The third-order valence-corrected chi connectivity index (χ3v) is 4.01. The van der Waals surface area contributed by atoms with Crippen LogP contribution in [0.15, 0.2) is 30.3 Å². The Balaban J connectivity index is 1.96. The number of benzene rings is 1. The molecule has 0 amide bonds. The van der Waals surface area contributed by atoms with Crippen molar-refractivity contribution in [2.45, 2.75) is 31.6 Å². The maximum Gasteiger partial charge on any atom is 0.231 e. The van der Waals surface area contributed by atoms with Gasteiger partial charge in [0.25, 0.3) is 0 Å². The molecule has 1 aliphatic rings. The number of hydrogen-bond acceptors (Lipinski definition) is 7. The second-order valence-corrected chi connectivity index (χ2v) is 5.42. The van der Waals surface area contributed by atoms with Crippen LogP contribution < -0.4 is 27.9 Å². The first kappa shape index (κ1) is 14.6. The Hall–Kier alpha value is -2.38. The van der Waals surface area contributed by atoms with E-state index in [1.165, 1.54) is 12.8 Å². The van der Waals surface area contributed by atoms with Gasteiger partial charge in [0.15, 0.2) is 11.6 Å². The van der Waals surface area contributed by atoms with Gasteiger partial charge in [0.2, 0.25) is 5.95 Å². The normalized spacial score (nSPS) is 14.8.